The second-order valence-corrected chi connectivity index (χ2v) is 9.11. The Hall–Kier alpha value is -3.69. The molecule has 1 heterocycles. The van der Waals surface area contributed by atoms with Crippen molar-refractivity contribution in [2.24, 2.45) is 23.7 Å². The van der Waals surface area contributed by atoms with E-state index in [2.05, 4.69) is 5.32 Å². The van der Waals surface area contributed by atoms with E-state index in [-0.39, 0.29) is 41.0 Å². The highest BCUT2D eigenvalue weighted by atomic mass is 19.4. The largest absolute Gasteiger partial charge is 0.452 e. The molecular formula is C25H21F3N2O5. The second-order valence-electron chi connectivity index (χ2n) is 9.11. The number of hydrogen-bond acceptors (Lipinski definition) is 5. The van der Waals surface area contributed by atoms with Crippen LogP contribution < -0.4 is 10.2 Å². The minimum atomic E-state index is -4.65. The molecule has 2 aliphatic carbocycles. The summed E-state index contributed by atoms with van der Waals surface area (Å²) < 4.78 is 44.1. The first kappa shape index (κ1) is 23.1. The van der Waals surface area contributed by atoms with E-state index < -0.39 is 35.9 Å². The summed E-state index contributed by atoms with van der Waals surface area (Å²) in [6, 6.07) is 10.1. The number of alkyl halides is 3. The number of benzene rings is 2. The smallest absolute Gasteiger partial charge is 0.418 e. The van der Waals surface area contributed by atoms with Crippen molar-refractivity contribution < 1.29 is 37.1 Å². The minimum Gasteiger partial charge on any atom is -0.452 e. The molecule has 1 saturated heterocycles. The quantitative estimate of drug-likeness (QED) is 0.509. The zero-order valence-electron chi connectivity index (χ0n) is 18.4. The van der Waals surface area contributed by atoms with E-state index in [0.717, 1.165) is 31.4 Å². The number of nitrogens with one attached hydrogen (secondary N) is 1. The molecular weight excluding hydrogens is 465 g/mol. The molecule has 182 valence electrons. The molecule has 2 aromatic rings. The lowest BCUT2D eigenvalue weighted by Gasteiger charge is -2.19. The average Bonchev–Trinajstić information content (AvgIpc) is 3.51. The number of carbonyl (C=O) groups is 4. The maximum absolute atomic E-state index is 13.1. The van der Waals surface area contributed by atoms with Crippen LogP contribution in [0.15, 0.2) is 48.5 Å². The third kappa shape index (κ3) is 4.06. The number of halogens is 3. The molecule has 2 bridgehead atoms. The fourth-order valence-electron chi connectivity index (χ4n) is 5.65. The van der Waals surface area contributed by atoms with Gasteiger partial charge in [0.2, 0.25) is 11.8 Å². The van der Waals surface area contributed by atoms with Crippen molar-refractivity contribution in [1.82, 2.24) is 0 Å². The predicted molar refractivity (Wildman–Crippen MR) is 117 cm³/mol. The fraction of sp³-hybridized carbons (Fsp3) is 0.360. The Morgan fingerprint density at radius 1 is 0.943 bits per heavy atom. The van der Waals surface area contributed by atoms with Gasteiger partial charge in [-0.25, -0.2) is 4.79 Å². The Labute approximate surface area is 198 Å². The molecule has 10 heteroatoms. The lowest BCUT2D eigenvalue weighted by atomic mass is 9.81. The van der Waals surface area contributed by atoms with Gasteiger partial charge in [-0.15, -0.1) is 0 Å². The summed E-state index contributed by atoms with van der Waals surface area (Å²) in [5.41, 5.74) is -1.02. The third-order valence-electron chi connectivity index (χ3n) is 7.13. The second kappa shape index (κ2) is 8.51. The van der Waals surface area contributed by atoms with Crippen molar-refractivity contribution in [1.29, 1.82) is 0 Å². The van der Waals surface area contributed by atoms with Crippen molar-refractivity contribution >= 4 is 35.1 Å². The number of para-hydroxylation sites is 1. The van der Waals surface area contributed by atoms with Gasteiger partial charge in [0, 0.05) is 0 Å². The SMILES string of the molecule is O=C(COC(=O)c1ccc(N2C(=O)[C@@H]3[C@H]4CC[C@@H](C4)[C@H]3C2=O)cc1)Nc1ccccc1C(F)(F)F. The first-order valence-corrected chi connectivity index (χ1v) is 11.3. The summed E-state index contributed by atoms with van der Waals surface area (Å²) in [5, 5.41) is 2.09. The van der Waals surface area contributed by atoms with Gasteiger partial charge in [0.1, 0.15) is 0 Å². The van der Waals surface area contributed by atoms with Gasteiger partial charge in [0.15, 0.2) is 6.61 Å². The van der Waals surface area contributed by atoms with Crippen molar-refractivity contribution in [3.05, 3.63) is 59.7 Å². The summed E-state index contributed by atoms with van der Waals surface area (Å²) in [5.74, 6) is -2.19. The summed E-state index contributed by atoms with van der Waals surface area (Å²) in [6.07, 6.45) is -1.78. The van der Waals surface area contributed by atoms with Gasteiger partial charge >= 0.3 is 12.1 Å². The van der Waals surface area contributed by atoms with Gasteiger partial charge in [-0.2, -0.15) is 13.2 Å². The number of imide groups is 1. The molecule has 0 spiro atoms. The fourth-order valence-corrected chi connectivity index (χ4v) is 5.65. The van der Waals surface area contributed by atoms with Crippen LogP contribution in [-0.2, 0) is 25.3 Å². The Morgan fingerprint density at radius 2 is 1.54 bits per heavy atom. The highest BCUT2D eigenvalue weighted by molar-refractivity contribution is 6.22. The van der Waals surface area contributed by atoms with Crippen LogP contribution in [-0.4, -0.2) is 30.3 Å². The Bertz CT molecular complexity index is 1180. The number of rotatable bonds is 5. The monoisotopic (exact) mass is 486 g/mol. The van der Waals surface area contributed by atoms with Crippen LogP contribution in [0.3, 0.4) is 0 Å². The van der Waals surface area contributed by atoms with Gasteiger partial charge in [-0.05, 0) is 67.5 Å². The third-order valence-corrected chi connectivity index (χ3v) is 7.13. The van der Waals surface area contributed by atoms with Gasteiger partial charge in [-0.3, -0.25) is 19.3 Å². The van der Waals surface area contributed by atoms with Gasteiger partial charge in [-0.1, -0.05) is 12.1 Å². The molecule has 7 nitrogen and oxygen atoms in total. The van der Waals surface area contributed by atoms with Crippen molar-refractivity contribution in [2.45, 2.75) is 25.4 Å². The van der Waals surface area contributed by atoms with Crippen LogP contribution in [0.1, 0.15) is 35.2 Å². The number of amides is 3. The molecule has 3 fully saturated rings. The van der Waals surface area contributed by atoms with Crippen molar-refractivity contribution in [3.63, 3.8) is 0 Å². The molecule has 4 atom stereocenters. The number of carbonyl (C=O) groups excluding carboxylic acids is 4. The Kier molecular flexibility index (Phi) is 5.61. The Balaban J connectivity index is 1.20. The van der Waals surface area contributed by atoms with Crippen LogP contribution in [0.5, 0.6) is 0 Å². The van der Waals surface area contributed by atoms with E-state index in [1.807, 2.05) is 0 Å². The van der Waals surface area contributed by atoms with Gasteiger partial charge in [0.05, 0.1) is 34.3 Å². The van der Waals surface area contributed by atoms with E-state index in [9.17, 15) is 32.3 Å². The molecule has 1 N–H and O–H groups in total. The molecule has 3 aliphatic rings. The molecule has 2 saturated carbocycles. The van der Waals surface area contributed by atoms with Crippen LogP contribution in [0, 0.1) is 23.7 Å². The summed E-state index contributed by atoms with van der Waals surface area (Å²) in [4.78, 5) is 51.4. The molecule has 5 rings (SSSR count). The summed E-state index contributed by atoms with van der Waals surface area (Å²) in [6.45, 7) is -0.790. The minimum absolute atomic E-state index is 0.0663. The van der Waals surface area contributed by atoms with Crippen LogP contribution in [0.2, 0.25) is 0 Å². The normalized spacial score (nSPS) is 25.1. The number of fused-ring (bicyclic) bond motifs is 5. The summed E-state index contributed by atoms with van der Waals surface area (Å²) >= 11 is 0. The van der Waals surface area contributed by atoms with E-state index in [1.54, 1.807) is 0 Å². The lowest BCUT2D eigenvalue weighted by Crippen LogP contribution is -2.32. The van der Waals surface area contributed by atoms with Gasteiger partial charge < -0.3 is 10.1 Å². The van der Waals surface area contributed by atoms with Crippen molar-refractivity contribution in [2.75, 3.05) is 16.8 Å². The molecule has 1 aliphatic heterocycles. The predicted octanol–water partition coefficient (Wildman–Crippen LogP) is 4.04. The first-order valence-electron chi connectivity index (χ1n) is 11.3. The zero-order valence-corrected chi connectivity index (χ0v) is 18.4. The first-order chi connectivity index (χ1) is 16.6. The topological polar surface area (TPSA) is 92.8 Å². The number of nitrogens with zero attached hydrogens (tertiary/aromatic N) is 1. The molecule has 35 heavy (non-hydrogen) atoms. The van der Waals surface area contributed by atoms with Crippen LogP contribution >= 0.6 is 0 Å². The standard InChI is InChI=1S/C25H21F3N2O5/c26-25(27,28)17-3-1-2-4-18(17)29-19(31)12-35-24(34)13-7-9-16(10-8-13)30-22(32)20-14-5-6-15(11-14)21(20)23(30)33/h1-4,7-10,14-15,20-21H,5-6,11-12H2,(H,29,31)/t14-,15-,20+,21+/m0/s1. The summed E-state index contributed by atoms with van der Waals surface area (Å²) in [7, 11) is 0. The van der Waals surface area contributed by atoms with Crippen molar-refractivity contribution in [3.8, 4) is 0 Å². The van der Waals surface area contributed by atoms with E-state index >= 15 is 0 Å². The number of hydrogen-bond donors (Lipinski definition) is 1. The molecule has 0 unspecified atom stereocenters. The number of esters is 1. The van der Waals surface area contributed by atoms with Crippen LogP contribution in [0.25, 0.3) is 0 Å². The van der Waals surface area contributed by atoms with E-state index in [4.69, 9.17) is 4.74 Å². The maximum atomic E-state index is 13.1. The average molecular weight is 486 g/mol. The highest BCUT2D eigenvalue weighted by Crippen LogP contribution is 2.56. The number of ether oxygens (including phenoxy) is 1. The molecule has 3 amide bonds. The van der Waals surface area contributed by atoms with Gasteiger partial charge in [0.25, 0.3) is 5.91 Å². The zero-order chi connectivity index (χ0) is 24.9. The Morgan fingerprint density at radius 3 is 2.14 bits per heavy atom. The lowest BCUT2D eigenvalue weighted by molar-refractivity contribution is -0.137. The maximum Gasteiger partial charge on any atom is 0.418 e. The van der Waals surface area contributed by atoms with E-state index in [0.29, 0.717) is 5.69 Å². The van der Waals surface area contributed by atoms with E-state index in [1.165, 1.54) is 41.3 Å². The molecule has 0 radical (unpaired) electrons. The highest BCUT2D eigenvalue weighted by Gasteiger charge is 2.61. The molecule has 2 aromatic carbocycles. The van der Waals surface area contributed by atoms with Crippen LogP contribution in [0.4, 0.5) is 24.5 Å². The number of anilines is 2. The molecule has 0 aromatic heterocycles.